The molecule has 0 aromatic carbocycles. The van der Waals surface area contributed by atoms with Crippen molar-refractivity contribution in [2.24, 2.45) is 0 Å². The number of rotatable bonds is 9. The van der Waals surface area contributed by atoms with E-state index < -0.39 is 0 Å². The van der Waals surface area contributed by atoms with Gasteiger partial charge < -0.3 is 0 Å². The van der Waals surface area contributed by atoms with Crippen molar-refractivity contribution in [3.63, 3.8) is 0 Å². The van der Waals surface area contributed by atoms with Gasteiger partial charge in [-0.2, -0.15) is 17.0 Å². The summed E-state index contributed by atoms with van der Waals surface area (Å²) in [6, 6.07) is 2.19. The lowest BCUT2D eigenvalue weighted by Gasteiger charge is -1.96. The van der Waals surface area contributed by atoms with Gasteiger partial charge in [-0.3, -0.25) is 0 Å². The maximum Gasteiger partial charge on any atom is 0.243 e. The lowest BCUT2D eigenvalue weighted by atomic mass is 10.2. The van der Waals surface area contributed by atoms with E-state index in [-0.39, 0.29) is 0 Å². The first kappa shape index (κ1) is 14.1. The number of unbranched alkanes of at least 4 members (excludes halogenated alkanes) is 3. The van der Waals surface area contributed by atoms with Gasteiger partial charge in [-0.15, -0.1) is 0 Å². The maximum absolute atomic E-state index is 8.43. The van der Waals surface area contributed by atoms with Gasteiger partial charge in [0.2, 0.25) is 6.33 Å². The first-order valence-electron chi connectivity index (χ1n) is 6.36. The van der Waals surface area contributed by atoms with Crippen LogP contribution in [0, 0.1) is 11.3 Å². The van der Waals surface area contributed by atoms with Crippen LogP contribution < -0.4 is 4.57 Å². The van der Waals surface area contributed by atoms with Gasteiger partial charge in [0.1, 0.15) is 12.4 Å². The van der Waals surface area contributed by atoms with Crippen molar-refractivity contribution in [3.8, 4) is 6.07 Å². The van der Waals surface area contributed by atoms with E-state index in [2.05, 4.69) is 40.8 Å². The number of aryl methyl sites for hydroxylation is 2. The number of imidazole rings is 1. The van der Waals surface area contributed by atoms with Crippen molar-refractivity contribution < 1.29 is 4.57 Å². The number of aromatic nitrogens is 2. The average molecular weight is 252 g/mol. The number of hydrogen-bond acceptors (Lipinski definition) is 2. The highest BCUT2D eigenvalue weighted by Crippen LogP contribution is 2.00. The normalized spacial score (nSPS) is 10.4. The Morgan fingerprint density at radius 1 is 1.35 bits per heavy atom. The van der Waals surface area contributed by atoms with Gasteiger partial charge >= 0.3 is 0 Å². The highest BCUT2D eigenvalue weighted by atomic mass is 32.2. The van der Waals surface area contributed by atoms with E-state index in [0.717, 1.165) is 25.9 Å². The summed E-state index contributed by atoms with van der Waals surface area (Å²) in [7, 11) is 0. The highest BCUT2D eigenvalue weighted by molar-refractivity contribution is 7.99. The molecule has 0 aliphatic carbocycles. The summed E-state index contributed by atoms with van der Waals surface area (Å²) in [6.45, 7) is 4.36. The van der Waals surface area contributed by atoms with Crippen molar-refractivity contribution in [3.05, 3.63) is 18.7 Å². The van der Waals surface area contributed by atoms with E-state index in [0.29, 0.717) is 6.42 Å². The van der Waals surface area contributed by atoms with Gasteiger partial charge in [0, 0.05) is 12.2 Å². The molecule has 0 N–H and O–H groups in total. The molecule has 1 heterocycles. The zero-order valence-corrected chi connectivity index (χ0v) is 11.5. The standard InChI is InChI=1S/C13H22N3S/c1-2-17-12-11-16-10-9-15(13-16)8-6-4-3-5-7-14/h9-10,13H,2-6,8,11-12H2,1H3/q+1. The van der Waals surface area contributed by atoms with Gasteiger partial charge in [0.05, 0.1) is 19.2 Å². The second-order valence-corrected chi connectivity index (χ2v) is 5.45. The number of nitriles is 1. The molecular formula is C13H22N3S+. The summed E-state index contributed by atoms with van der Waals surface area (Å²) in [5, 5.41) is 8.43. The van der Waals surface area contributed by atoms with Crippen LogP contribution in [0.5, 0.6) is 0 Å². The smallest absolute Gasteiger partial charge is 0.237 e. The molecule has 0 atom stereocenters. The molecule has 0 saturated carbocycles. The average Bonchev–Trinajstić information content (AvgIpc) is 2.77. The molecule has 94 valence electrons. The molecule has 3 nitrogen and oxygen atoms in total. The summed E-state index contributed by atoms with van der Waals surface area (Å²) >= 11 is 1.98. The topological polar surface area (TPSA) is 32.6 Å². The van der Waals surface area contributed by atoms with E-state index in [9.17, 15) is 0 Å². The minimum Gasteiger partial charge on any atom is -0.237 e. The minimum absolute atomic E-state index is 0.694. The summed E-state index contributed by atoms with van der Waals surface area (Å²) in [5.41, 5.74) is 0. The Labute approximate surface area is 108 Å². The van der Waals surface area contributed by atoms with Gasteiger partial charge in [0.15, 0.2) is 0 Å². The third-order valence-corrected chi connectivity index (χ3v) is 3.53. The molecule has 1 aromatic rings. The quantitative estimate of drug-likeness (QED) is 0.500. The van der Waals surface area contributed by atoms with Crippen LogP contribution in [-0.4, -0.2) is 16.1 Å². The SMILES string of the molecule is CCSCCn1cc[n+](CCCCCC#N)c1. The third-order valence-electron chi connectivity index (χ3n) is 2.65. The van der Waals surface area contributed by atoms with Crippen LogP contribution >= 0.6 is 11.8 Å². The van der Waals surface area contributed by atoms with E-state index in [1.54, 1.807) is 0 Å². The van der Waals surface area contributed by atoms with Crippen LogP contribution in [0.25, 0.3) is 0 Å². The lowest BCUT2D eigenvalue weighted by molar-refractivity contribution is -0.696. The van der Waals surface area contributed by atoms with Crippen LogP contribution in [-0.2, 0) is 13.1 Å². The second-order valence-electron chi connectivity index (χ2n) is 4.05. The highest BCUT2D eigenvalue weighted by Gasteiger charge is 2.02. The van der Waals surface area contributed by atoms with Crippen molar-refractivity contribution >= 4 is 11.8 Å². The molecule has 0 aliphatic rings. The van der Waals surface area contributed by atoms with E-state index >= 15 is 0 Å². The largest absolute Gasteiger partial charge is 0.243 e. The molecule has 0 spiro atoms. The Hall–Kier alpha value is -0.950. The van der Waals surface area contributed by atoms with Gasteiger partial charge in [-0.05, 0) is 25.0 Å². The Balaban J connectivity index is 2.15. The molecule has 1 rings (SSSR count). The number of nitrogens with zero attached hydrogens (tertiary/aromatic N) is 3. The Bertz CT molecular complexity index is 341. The molecule has 0 fully saturated rings. The van der Waals surface area contributed by atoms with E-state index in [1.807, 2.05) is 11.8 Å². The van der Waals surface area contributed by atoms with Crippen molar-refractivity contribution in [1.82, 2.24) is 4.57 Å². The van der Waals surface area contributed by atoms with E-state index in [4.69, 9.17) is 5.26 Å². The van der Waals surface area contributed by atoms with Crippen LogP contribution in [0.4, 0.5) is 0 Å². The molecule has 0 unspecified atom stereocenters. The number of thioether (sulfide) groups is 1. The van der Waals surface area contributed by atoms with Crippen LogP contribution in [0.2, 0.25) is 0 Å². The molecule has 1 aromatic heterocycles. The molecule has 0 aliphatic heterocycles. The first-order chi connectivity index (χ1) is 8.36. The van der Waals surface area contributed by atoms with E-state index in [1.165, 1.54) is 17.9 Å². The van der Waals surface area contributed by atoms with Gasteiger partial charge in [-0.1, -0.05) is 6.92 Å². The van der Waals surface area contributed by atoms with Crippen LogP contribution in [0.3, 0.4) is 0 Å². The van der Waals surface area contributed by atoms with Crippen molar-refractivity contribution in [2.45, 2.75) is 45.7 Å². The summed E-state index contributed by atoms with van der Waals surface area (Å²) in [5.74, 6) is 2.38. The lowest BCUT2D eigenvalue weighted by Crippen LogP contribution is -2.30. The molecular weight excluding hydrogens is 230 g/mol. The summed E-state index contributed by atoms with van der Waals surface area (Å²) < 4.78 is 4.49. The monoisotopic (exact) mass is 252 g/mol. The Morgan fingerprint density at radius 3 is 3.00 bits per heavy atom. The zero-order chi connectivity index (χ0) is 12.3. The zero-order valence-electron chi connectivity index (χ0n) is 10.6. The Kier molecular flexibility index (Phi) is 7.57. The molecule has 0 saturated heterocycles. The molecule has 0 amide bonds. The van der Waals surface area contributed by atoms with Crippen LogP contribution in [0.15, 0.2) is 18.7 Å². The fraction of sp³-hybridized carbons (Fsp3) is 0.692. The van der Waals surface area contributed by atoms with Crippen LogP contribution in [0.1, 0.15) is 32.6 Å². The van der Waals surface area contributed by atoms with Crippen molar-refractivity contribution in [1.29, 1.82) is 5.26 Å². The fourth-order valence-corrected chi connectivity index (χ4v) is 2.32. The molecule has 4 heteroatoms. The van der Waals surface area contributed by atoms with Gasteiger partial charge in [-0.25, -0.2) is 9.13 Å². The Morgan fingerprint density at radius 2 is 2.24 bits per heavy atom. The predicted molar refractivity (Wildman–Crippen MR) is 71.7 cm³/mol. The van der Waals surface area contributed by atoms with Gasteiger partial charge in [0.25, 0.3) is 0 Å². The van der Waals surface area contributed by atoms with Crippen molar-refractivity contribution in [2.75, 3.05) is 11.5 Å². The first-order valence-corrected chi connectivity index (χ1v) is 7.51. The maximum atomic E-state index is 8.43. The second kappa shape index (κ2) is 9.12. The summed E-state index contributed by atoms with van der Waals surface area (Å²) in [4.78, 5) is 0. The summed E-state index contributed by atoms with van der Waals surface area (Å²) in [6.07, 6.45) is 10.5. The molecule has 0 radical (unpaired) electrons. The molecule has 0 bridgehead atoms. The minimum atomic E-state index is 0.694. The molecule has 17 heavy (non-hydrogen) atoms. The number of hydrogen-bond donors (Lipinski definition) is 0. The fourth-order valence-electron chi connectivity index (χ4n) is 1.69. The predicted octanol–water partition coefficient (Wildman–Crippen LogP) is 2.61. The third kappa shape index (κ3) is 6.38.